The van der Waals surface area contributed by atoms with Crippen molar-refractivity contribution in [3.8, 4) is 17.1 Å². The van der Waals surface area contributed by atoms with Gasteiger partial charge in [0.15, 0.2) is 9.84 Å². The zero-order chi connectivity index (χ0) is 26.1. The zero-order valence-corrected chi connectivity index (χ0v) is 21.3. The minimum absolute atomic E-state index is 0.0892. The van der Waals surface area contributed by atoms with Gasteiger partial charge in [0.05, 0.1) is 63.9 Å². The number of halogens is 1. The molecule has 1 fully saturated rings. The second-order valence-corrected chi connectivity index (χ2v) is 11.9. The summed E-state index contributed by atoms with van der Waals surface area (Å²) in [6, 6.07) is 4.17. The Hall–Kier alpha value is -3.47. The first-order valence-corrected chi connectivity index (χ1v) is 13.3. The second kappa shape index (κ2) is 9.88. The fourth-order valence-electron chi connectivity index (χ4n) is 3.59. The summed E-state index contributed by atoms with van der Waals surface area (Å²) in [6.45, 7) is 7.11. The van der Waals surface area contributed by atoms with E-state index in [0.717, 1.165) is 0 Å². The number of rotatable bonds is 9. The Labute approximate surface area is 209 Å². The number of ether oxygens (including phenoxy) is 1. The molecule has 0 radical (unpaired) electrons. The molecule has 0 bridgehead atoms. The van der Waals surface area contributed by atoms with E-state index in [1.165, 1.54) is 36.9 Å². The standard InChI is InChI=1S/C25H28FN5O4S/c1-15(2)35-23-13-28-11-21(30-23)16-5-8-19(20(26)9-16)24(32)31-25(3,4)22-12-27-10-17(29-22)14-36(33,34)18-6-7-18/h5,8-13,15,18H,6-7,14H2,1-4H3,(H,31,32). The molecule has 1 N–H and O–H groups in total. The second-order valence-electron chi connectivity index (χ2n) is 9.59. The van der Waals surface area contributed by atoms with Crippen molar-refractivity contribution < 1.29 is 22.3 Å². The maximum atomic E-state index is 15.0. The lowest BCUT2D eigenvalue weighted by Crippen LogP contribution is -2.42. The smallest absolute Gasteiger partial charge is 0.254 e. The lowest BCUT2D eigenvalue weighted by atomic mass is 9.99. The summed E-state index contributed by atoms with van der Waals surface area (Å²) < 4.78 is 45.2. The van der Waals surface area contributed by atoms with Gasteiger partial charge in [-0.2, -0.15) is 0 Å². The maximum Gasteiger partial charge on any atom is 0.254 e. The molecular formula is C25H28FN5O4S. The molecule has 1 aromatic carbocycles. The molecule has 0 spiro atoms. The summed E-state index contributed by atoms with van der Waals surface area (Å²) in [4.78, 5) is 29.9. The van der Waals surface area contributed by atoms with Gasteiger partial charge in [0.2, 0.25) is 5.88 Å². The van der Waals surface area contributed by atoms with Gasteiger partial charge in [-0.15, -0.1) is 0 Å². The Balaban J connectivity index is 1.50. The normalized spacial score (nSPS) is 14.1. The van der Waals surface area contributed by atoms with Crippen LogP contribution < -0.4 is 10.1 Å². The minimum Gasteiger partial charge on any atom is -0.474 e. The average Bonchev–Trinajstić information content (AvgIpc) is 3.65. The maximum absolute atomic E-state index is 15.0. The van der Waals surface area contributed by atoms with Gasteiger partial charge in [-0.25, -0.2) is 17.8 Å². The molecule has 0 aliphatic heterocycles. The molecule has 3 aromatic rings. The molecule has 0 unspecified atom stereocenters. The highest BCUT2D eigenvalue weighted by molar-refractivity contribution is 7.91. The van der Waals surface area contributed by atoms with Crippen LogP contribution in [0.25, 0.3) is 11.3 Å². The van der Waals surface area contributed by atoms with E-state index < -0.39 is 27.1 Å². The number of hydrogen-bond acceptors (Lipinski definition) is 8. The van der Waals surface area contributed by atoms with Crippen LogP contribution in [0.2, 0.25) is 0 Å². The number of hydrogen-bond donors (Lipinski definition) is 1. The van der Waals surface area contributed by atoms with Gasteiger partial charge < -0.3 is 10.1 Å². The van der Waals surface area contributed by atoms with Gasteiger partial charge in [-0.1, -0.05) is 6.07 Å². The highest BCUT2D eigenvalue weighted by atomic mass is 32.2. The molecule has 2 aromatic heterocycles. The number of carbonyl (C=O) groups is 1. The lowest BCUT2D eigenvalue weighted by Gasteiger charge is -2.26. The highest BCUT2D eigenvalue weighted by Crippen LogP contribution is 2.31. The first-order valence-electron chi connectivity index (χ1n) is 11.6. The zero-order valence-electron chi connectivity index (χ0n) is 20.5. The lowest BCUT2D eigenvalue weighted by molar-refractivity contribution is 0.0906. The van der Waals surface area contributed by atoms with Crippen LogP contribution >= 0.6 is 0 Å². The van der Waals surface area contributed by atoms with Gasteiger partial charge in [-0.3, -0.25) is 19.7 Å². The van der Waals surface area contributed by atoms with Crippen molar-refractivity contribution >= 4 is 15.7 Å². The molecule has 190 valence electrons. The van der Waals surface area contributed by atoms with Crippen LogP contribution in [-0.2, 0) is 21.1 Å². The Bertz CT molecular complexity index is 1390. The molecule has 2 heterocycles. The molecule has 4 rings (SSSR count). The van der Waals surface area contributed by atoms with Gasteiger partial charge in [0.1, 0.15) is 5.82 Å². The fraction of sp³-hybridized carbons (Fsp3) is 0.400. The van der Waals surface area contributed by atoms with E-state index >= 15 is 0 Å². The highest BCUT2D eigenvalue weighted by Gasteiger charge is 2.36. The van der Waals surface area contributed by atoms with Crippen LogP contribution in [0.3, 0.4) is 0 Å². The van der Waals surface area contributed by atoms with Crippen LogP contribution in [0.4, 0.5) is 4.39 Å². The van der Waals surface area contributed by atoms with Gasteiger partial charge in [-0.05, 0) is 52.7 Å². The van der Waals surface area contributed by atoms with Crippen molar-refractivity contribution in [3.63, 3.8) is 0 Å². The minimum atomic E-state index is -3.27. The van der Waals surface area contributed by atoms with Crippen molar-refractivity contribution in [2.24, 2.45) is 0 Å². The largest absolute Gasteiger partial charge is 0.474 e. The quantitative estimate of drug-likeness (QED) is 0.460. The molecule has 0 saturated heterocycles. The molecule has 36 heavy (non-hydrogen) atoms. The van der Waals surface area contributed by atoms with E-state index in [1.807, 2.05) is 13.8 Å². The summed E-state index contributed by atoms with van der Waals surface area (Å²) in [5, 5.41) is 2.46. The molecule has 11 heteroatoms. The van der Waals surface area contributed by atoms with E-state index in [-0.39, 0.29) is 22.7 Å². The number of aromatic nitrogens is 4. The summed E-state index contributed by atoms with van der Waals surface area (Å²) >= 11 is 0. The van der Waals surface area contributed by atoms with Gasteiger partial charge >= 0.3 is 0 Å². The first-order chi connectivity index (χ1) is 16.9. The third-order valence-electron chi connectivity index (χ3n) is 5.61. The molecular weight excluding hydrogens is 485 g/mol. The number of carbonyl (C=O) groups excluding carboxylic acids is 1. The fourth-order valence-corrected chi connectivity index (χ4v) is 5.23. The van der Waals surface area contributed by atoms with Crippen molar-refractivity contribution in [1.29, 1.82) is 0 Å². The predicted octanol–water partition coefficient (Wildman–Crippen LogP) is 3.60. The SMILES string of the molecule is CC(C)Oc1cncc(-c2ccc(C(=O)NC(C)(C)c3cncc(CS(=O)(=O)C4CC4)n3)c(F)c2)n1. The first kappa shape index (κ1) is 25.6. The Morgan fingerprint density at radius 3 is 2.53 bits per heavy atom. The van der Waals surface area contributed by atoms with Crippen LogP contribution in [0.1, 0.15) is 62.3 Å². The van der Waals surface area contributed by atoms with E-state index in [1.54, 1.807) is 19.9 Å². The molecule has 1 amide bonds. The van der Waals surface area contributed by atoms with Gasteiger partial charge in [0.25, 0.3) is 5.91 Å². The van der Waals surface area contributed by atoms with Crippen molar-refractivity contribution in [1.82, 2.24) is 25.3 Å². The summed E-state index contributed by atoms with van der Waals surface area (Å²) in [6.07, 6.45) is 7.08. The Morgan fingerprint density at radius 2 is 1.86 bits per heavy atom. The predicted molar refractivity (Wildman–Crippen MR) is 131 cm³/mol. The monoisotopic (exact) mass is 513 g/mol. The van der Waals surface area contributed by atoms with Crippen LogP contribution in [-0.4, -0.2) is 45.6 Å². The van der Waals surface area contributed by atoms with E-state index in [0.29, 0.717) is 41.4 Å². The van der Waals surface area contributed by atoms with E-state index in [9.17, 15) is 17.6 Å². The van der Waals surface area contributed by atoms with Crippen LogP contribution in [0.5, 0.6) is 5.88 Å². The van der Waals surface area contributed by atoms with Crippen LogP contribution in [0, 0.1) is 5.82 Å². The number of nitrogens with one attached hydrogen (secondary N) is 1. The molecule has 1 aliphatic carbocycles. The number of benzene rings is 1. The Kier molecular flexibility index (Phi) is 7.03. The third-order valence-corrected chi connectivity index (χ3v) is 7.80. The Morgan fingerprint density at radius 1 is 1.14 bits per heavy atom. The molecule has 9 nitrogen and oxygen atoms in total. The summed E-state index contributed by atoms with van der Waals surface area (Å²) in [7, 11) is -3.27. The summed E-state index contributed by atoms with van der Waals surface area (Å²) in [5.41, 5.74) is 0.334. The number of amides is 1. The van der Waals surface area contributed by atoms with Gasteiger partial charge in [0, 0.05) is 11.8 Å². The molecule has 0 atom stereocenters. The summed E-state index contributed by atoms with van der Waals surface area (Å²) in [5.74, 6) is -1.26. The third kappa shape index (κ3) is 6.01. The average molecular weight is 514 g/mol. The van der Waals surface area contributed by atoms with Crippen molar-refractivity contribution in [3.05, 3.63) is 65.8 Å². The van der Waals surface area contributed by atoms with Crippen LogP contribution in [0.15, 0.2) is 43.0 Å². The number of nitrogens with zero attached hydrogens (tertiary/aromatic N) is 4. The molecule has 1 aliphatic rings. The van der Waals surface area contributed by atoms with Crippen molar-refractivity contribution in [2.75, 3.05) is 0 Å². The molecule has 1 saturated carbocycles. The topological polar surface area (TPSA) is 124 Å². The van der Waals surface area contributed by atoms with Crippen molar-refractivity contribution in [2.45, 2.75) is 63.2 Å². The van der Waals surface area contributed by atoms with E-state index in [4.69, 9.17) is 4.74 Å². The number of sulfone groups is 1. The van der Waals surface area contributed by atoms with E-state index in [2.05, 4.69) is 25.3 Å².